The first kappa shape index (κ1) is 27.7. The summed E-state index contributed by atoms with van der Waals surface area (Å²) in [6, 6.07) is 13.9. The van der Waals surface area contributed by atoms with Crippen LogP contribution >= 0.6 is 11.8 Å². The van der Waals surface area contributed by atoms with Gasteiger partial charge in [-0.1, -0.05) is 30.0 Å². The maximum atomic E-state index is 12.7. The summed E-state index contributed by atoms with van der Waals surface area (Å²) in [5.74, 6) is 3.19. The average molecular weight is 537 g/mol. The summed E-state index contributed by atoms with van der Waals surface area (Å²) in [7, 11) is 5.36. The number of hydrogen-bond donors (Lipinski definition) is 0. The van der Waals surface area contributed by atoms with E-state index in [1.165, 1.54) is 5.56 Å². The number of ether oxygens (including phenoxy) is 3. The minimum absolute atomic E-state index is 0.0609. The van der Waals surface area contributed by atoms with Crippen molar-refractivity contribution in [3.63, 3.8) is 0 Å². The first-order valence-corrected chi connectivity index (χ1v) is 13.7. The lowest BCUT2D eigenvalue weighted by Gasteiger charge is -2.26. The topological polar surface area (TPSA) is 77.0 Å². The normalized spacial score (nSPS) is 13.3. The molecule has 2 heterocycles. The molecule has 0 saturated carbocycles. The number of benzene rings is 2. The number of nitrogens with zero attached hydrogens (tertiary/aromatic N) is 4. The third-order valence-electron chi connectivity index (χ3n) is 6.76. The number of thioether (sulfide) groups is 1. The van der Waals surface area contributed by atoms with Crippen molar-refractivity contribution in [1.29, 1.82) is 0 Å². The Balaban J connectivity index is 1.38. The molecule has 2 aromatic carbocycles. The van der Waals surface area contributed by atoms with Gasteiger partial charge in [0, 0.05) is 49.3 Å². The molecule has 0 aliphatic carbocycles. The Bertz CT molecular complexity index is 1250. The van der Waals surface area contributed by atoms with Crippen LogP contribution in [0.15, 0.2) is 47.6 Å². The first-order valence-electron chi connectivity index (χ1n) is 12.8. The zero-order chi connectivity index (χ0) is 27.1. The Morgan fingerprint density at radius 3 is 2.37 bits per heavy atom. The van der Waals surface area contributed by atoms with Crippen LogP contribution in [0.1, 0.15) is 32.7 Å². The molecule has 4 rings (SSSR count). The second kappa shape index (κ2) is 13.0. The minimum atomic E-state index is 0.0609. The van der Waals surface area contributed by atoms with E-state index in [0.29, 0.717) is 31.9 Å². The number of hydrogen-bond acceptors (Lipinski definition) is 8. The van der Waals surface area contributed by atoms with Gasteiger partial charge in [0.25, 0.3) is 5.91 Å². The highest BCUT2D eigenvalue weighted by molar-refractivity contribution is 7.98. The lowest BCUT2D eigenvalue weighted by Crippen LogP contribution is -2.40. The summed E-state index contributed by atoms with van der Waals surface area (Å²) in [6.45, 7) is 7.38. The fourth-order valence-electron chi connectivity index (χ4n) is 4.30. The Hall–Kier alpha value is -3.30. The second-order valence-corrected chi connectivity index (χ2v) is 10.2. The van der Waals surface area contributed by atoms with Gasteiger partial charge in [-0.2, -0.15) is 0 Å². The monoisotopic (exact) mass is 536 g/mol. The van der Waals surface area contributed by atoms with Crippen LogP contribution < -0.4 is 14.4 Å². The van der Waals surface area contributed by atoms with Crippen molar-refractivity contribution in [3.05, 3.63) is 70.4 Å². The smallest absolute Gasteiger partial charge is 0.254 e. The largest absolute Gasteiger partial charge is 0.493 e. The number of aryl methyl sites for hydroxylation is 1. The number of likely N-dealkylation sites (N-methyl/N-ethyl adjacent to an activating group) is 1. The van der Waals surface area contributed by atoms with Gasteiger partial charge in [-0.25, -0.2) is 9.97 Å². The molecule has 0 atom stereocenters. The molecule has 0 spiro atoms. The first-order chi connectivity index (χ1) is 18.4. The van der Waals surface area contributed by atoms with Gasteiger partial charge >= 0.3 is 0 Å². The Kier molecular flexibility index (Phi) is 9.47. The van der Waals surface area contributed by atoms with Crippen LogP contribution in [0.2, 0.25) is 0 Å². The van der Waals surface area contributed by atoms with Crippen molar-refractivity contribution >= 4 is 23.5 Å². The van der Waals surface area contributed by atoms with Gasteiger partial charge in [0.1, 0.15) is 5.82 Å². The maximum Gasteiger partial charge on any atom is 0.254 e. The maximum absolute atomic E-state index is 12.7. The molecule has 1 fully saturated rings. The van der Waals surface area contributed by atoms with Gasteiger partial charge in [-0.15, -0.1) is 0 Å². The Morgan fingerprint density at radius 1 is 1.00 bits per heavy atom. The van der Waals surface area contributed by atoms with E-state index in [1.54, 1.807) is 26.0 Å². The predicted octanol–water partition coefficient (Wildman–Crippen LogP) is 4.55. The van der Waals surface area contributed by atoms with Crippen molar-refractivity contribution in [3.8, 4) is 11.5 Å². The molecule has 38 heavy (non-hydrogen) atoms. The molecular formula is C29H36N4O4S. The molecule has 1 aliphatic heterocycles. The van der Waals surface area contributed by atoms with Crippen LogP contribution in [-0.2, 0) is 16.9 Å². The molecule has 0 radical (unpaired) electrons. The van der Waals surface area contributed by atoms with Crippen LogP contribution in [0.25, 0.3) is 0 Å². The molecule has 1 amide bonds. The Morgan fingerprint density at radius 2 is 1.68 bits per heavy atom. The fourth-order valence-corrected chi connectivity index (χ4v) is 5.14. The highest BCUT2D eigenvalue weighted by Gasteiger charge is 2.18. The van der Waals surface area contributed by atoms with E-state index >= 15 is 0 Å². The number of amides is 1. The molecular weight excluding hydrogens is 500 g/mol. The summed E-state index contributed by atoms with van der Waals surface area (Å²) in [5.41, 5.74) is 5.06. The van der Waals surface area contributed by atoms with Crippen LogP contribution in [0, 0.1) is 13.8 Å². The van der Waals surface area contributed by atoms with Gasteiger partial charge in [-0.05, 0) is 55.7 Å². The van der Waals surface area contributed by atoms with Crippen molar-refractivity contribution in [2.45, 2.75) is 31.2 Å². The summed E-state index contributed by atoms with van der Waals surface area (Å²) < 4.78 is 16.1. The van der Waals surface area contributed by atoms with Gasteiger partial charge in [0.2, 0.25) is 0 Å². The SMILES string of the molecule is COc1ccc(CCN(C)c2nc(SCc3ccc(C(=O)N4CCOCC4)cc3)nc(C)c2C)cc1OC. The molecule has 8 nitrogen and oxygen atoms in total. The zero-order valence-corrected chi connectivity index (χ0v) is 23.6. The Labute approximate surface area is 229 Å². The third-order valence-corrected chi connectivity index (χ3v) is 7.67. The zero-order valence-electron chi connectivity index (χ0n) is 22.8. The highest BCUT2D eigenvalue weighted by atomic mass is 32.2. The lowest BCUT2D eigenvalue weighted by molar-refractivity contribution is 0.0303. The van der Waals surface area contributed by atoms with Crippen LogP contribution in [0.3, 0.4) is 0 Å². The van der Waals surface area contributed by atoms with Gasteiger partial charge in [0.05, 0.1) is 27.4 Å². The molecule has 202 valence electrons. The van der Waals surface area contributed by atoms with Crippen molar-refractivity contribution in [1.82, 2.24) is 14.9 Å². The molecule has 9 heteroatoms. The van der Waals surface area contributed by atoms with Crippen molar-refractivity contribution < 1.29 is 19.0 Å². The number of anilines is 1. The summed E-state index contributed by atoms with van der Waals surface area (Å²) in [5, 5.41) is 0.745. The number of aromatic nitrogens is 2. The van der Waals surface area contributed by atoms with E-state index in [2.05, 4.69) is 24.9 Å². The van der Waals surface area contributed by atoms with Crippen molar-refractivity contribution in [2.75, 3.05) is 59.0 Å². The van der Waals surface area contributed by atoms with E-state index in [-0.39, 0.29) is 5.91 Å². The van der Waals surface area contributed by atoms with Gasteiger partial charge in [-0.3, -0.25) is 4.79 Å². The summed E-state index contributed by atoms with van der Waals surface area (Å²) in [4.78, 5) is 26.3. The van der Waals surface area contributed by atoms with Crippen LogP contribution in [0.4, 0.5) is 5.82 Å². The molecule has 0 unspecified atom stereocenters. The van der Waals surface area contributed by atoms with Crippen LogP contribution in [-0.4, -0.2) is 74.9 Å². The highest BCUT2D eigenvalue weighted by Crippen LogP contribution is 2.29. The number of rotatable bonds is 10. The number of methoxy groups -OCH3 is 2. The summed E-state index contributed by atoms with van der Waals surface area (Å²) >= 11 is 1.60. The minimum Gasteiger partial charge on any atom is -0.493 e. The van der Waals surface area contributed by atoms with Gasteiger partial charge in [0.15, 0.2) is 16.7 Å². The van der Waals surface area contributed by atoms with E-state index in [9.17, 15) is 4.79 Å². The molecule has 1 aliphatic rings. The number of carbonyl (C=O) groups is 1. The quantitative estimate of drug-likeness (QED) is 0.276. The van der Waals surface area contributed by atoms with E-state index in [0.717, 1.165) is 58.0 Å². The predicted molar refractivity (Wildman–Crippen MR) is 151 cm³/mol. The van der Waals surface area contributed by atoms with E-state index < -0.39 is 0 Å². The van der Waals surface area contributed by atoms with Crippen LogP contribution in [0.5, 0.6) is 11.5 Å². The van der Waals surface area contributed by atoms with Gasteiger partial charge < -0.3 is 24.0 Å². The molecule has 3 aromatic rings. The number of morpholine rings is 1. The number of carbonyl (C=O) groups excluding carboxylic acids is 1. The lowest BCUT2D eigenvalue weighted by atomic mass is 10.1. The molecule has 0 N–H and O–H groups in total. The molecule has 1 saturated heterocycles. The molecule has 1 aromatic heterocycles. The fraction of sp³-hybridized carbons (Fsp3) is 0.414. The van der Waals surface area contributed by atoms with E-state index in [1.807, 2.05) is 48.2 Å². The second-order valence-electron chi connectivity index (χ2n) is 9.29. The third kappa shape index (κ3) is 6.76. The standard InChI is InChI=1S/C29H36N4O4S/c1-20-21(2)30-29(31-27(20)32(3)13-12-22-8-11-25(35-4)26(18-22)36-5)38-19-23-6-9-24(10-7-23)28(34)33-14-16-37-17-15-33/h6-11,18H,12-17,19H2,1-5H3. The average Bonchev–Trinajstić information content (AvgIpc) is 2.96. The van der Waals surface area contributed by atoms with E-state index in [4.69, 9.17) is 24.2 Å². The summed E-state index contributed by atoms with van der Waals surface area (Å²) in [6.07, 6.45) is 0.845. The van der Waals surface area contributed by atoms with Crippen molar-refractivity contribution in [2.24, 2.45) is 0 Å². The molecule has 0 bridgehead atoms.